The first kappa shape index (κ1) is 15.4. The van der Waals surface area contributed by atoms with E-state index in [-0.39, 0.29) is 5.69 Å². The standard InChI is InChI=1S/C15H13F2N3O2/c16-13(17)14(21)18-11-6-8-12(9-7-11)20-15(22)19-10-4-2-1-3-5-10/h1-9,13H,(H,18,21)(H2,19,20,22). The van der Waals surface area contributed by atoms with Crippen LogP contribution in [0.2, 0.25) is 0 Å². The molecule has 3 amide bonds. The summed E-state index contributed by atoms with van der Waals surface area (Å²) in [4.78, 5) is 22.6. The zero-order valence-corrected chi connectivity index (χ0v) is 11.3. The van der Waals surface area contributed by atoms with Gasteiger partial charge < -0.3 is 16.0 Å². The van der Waals surface area contributed by atoms with Gasteiger partial charge in [0, 0.05) is 17.1 Å². The van der Waals surface area contributed by atoms with Crippen LogP contribution in [0.1, 0.15) is 0 Å². The van der Waals surface area contributed by atoms with Crippen LogP contribution in [0.15, 0.2) is 54.6 Å². The number of para-hydroxylation sites is 1. The average Bonchev–Trinajstić information content (AvgIpc) is 2.50. The number of nitrogens with one attached hydrogen (secondary N) is 3. The fraction of sp³-hybridized carbons (Fsp3) is 0.0667. The number of amides is 3. The molecule has 0 spiro atoms. The van der Waals surface area contributed by atoms with Crippen LogP contribution in [0, 0.1) is 0 Å². The molecule has 5 nitrogen and oxygen atoms in total. The van der Waals surface area contributed by atoms with E-state index in [1.165, 1.54) is 24.3 Å². The first-order valence-electron chi connectivity index (χ1n) is 6.37. The average molecular weight is 305 g/mol. The number of anilines is 3. The topological polar surface area (TPSA) is 70.2 Å². The lowest BCUT2D eigenvalue weighted by atomic mass is 10.2. The van der Waals surface area contributed by atoms with Crippen LogP contribution in [0.25, 0.3) is 0 Å². The highest BCUT2D eigenvalue weighted by molar-refractivity contribution is 6.00. The highest BCUT2D eigenvalue weighted by Gasteiger charge is 2.14. The number of hydrogen-bond donors (Lipinski definition) is 3. The largest absolute Gasteiger partial charge is 0.323 e. The number of rotatable bonds is 4. The van der Waals surface area contributed by atoms with Gasteiger partial charge in [0.2, 0.25) is 0 Å². The van der Waals surface area contributed by atoms with Crippen LogP contribution in [-0.4, -0.2) is 18.4 Å². The van der Waals surface area contributed by atoms with E-state index in [0.29, 0.717) is 11.4 Å². The Balaban J connectivity index is 1.91. The van der Waals surface area contributed by atoms with Gasteiger partial charge >= 0.3 is 12.5 Å². The van der Waals surface area contributed by atoms with Gasteiger partial charge in [-0.15, -0.1) is 0 Å². The molecule has 2 aromatic carbocycles. The van der Waals surface area contributed by atoms with Gasteiger partial charge in [-0.05, 0) is 36.4 Å². The van der Waals surface area contributed by atoms with Gasteiger partial charge in [0.25, 0.3) is 5.91 Å². The molecule has 0 saturated carbocycles. The van der Waals surface area contributed by atoms with Crippen molar-refractivity contribution in [2.75, 3.05) is 16.0 Å². The molecular formula is C15H13F2N3O2. The molecule has 0 bridgehead atoms. The molecule has 3 N–H and O–H groups in total. The molecule has 0 aromatic heterocycles. The molecule has 0 fully saturated rings. The quantitative estimate of drug-likeness (QED) is 0.808. The van der Waals surface area contributed by atoms with Crippen LogP contribution in [0.3, 0.4) is 0 Å². The number of carbonyl (C=O) groups excluding carboxylic acids is 2. The summed E-state index contributed by atoms with van der Waals surface area (Å²) in [5.41, 5.74) is 1.32. The summed E-state index contributed by atoms with van der Waals surface area (Å²) in [5, 5.41) is 7.26. The van der Waals surface area contributed by atoms with Crippen molar-refractivity contribution in [1.82, 2.24) is 0 Å². The van der Waals surface area contributed by atoms with E-state index in [0.717, 1.165) is 0 Å². The number of carbonyl (C=O) groups is 2. The van der Waals surface area contributed by atoms with Crippen LogP contribution >= 0.6 is 0 Å². The Morgan fingerprint density at radius 1 is 0.727 bits per heavy atom. The molecule has 114 valence electrons. The molecule has 22 heavy (non-hydrogen) atoms. The van der Waals surface area contributed by atoms with E-state index < -0.39 is 18.4 Å². The SMILES string of the molecule is O=C(Nc1ccccc1)Nc1ccc(NC(=O)C(F)F)cc1. The Kier molecular flexibility index (Phi) is 5.02. The van der Waals surface area contributed by atoms with Crippen molar-refractivity contribution in [2.45, 2.75) is 6.43 Å². The van der Waals surface area contributed by atoms with Gasteiger partial charge in [-0.25, -0.2) is 4.79 Å². The van der Waals surface area contributed by atoms with Crippen LogP contribution in [0.4, 0.5) is 30.6 Å². The van der Waals surface area contributed by atoms with E-state index in [1.807, 2.05) is 11.4 Å². The number of alkyl halides is 2. The first-order chi connectivity index (χ1) is 10.5. The summed E-state index contributed by atoms with van der Waals surface area (Å²) in [6.07, 6.45) is -3.07. The second-order valence-corrected chi connectivity index (χ2v) is 4.31. The maximum Gasteiger partial charge on any atom is 0.323 e. The molecule has 7 heteroatoms. The van der Waals surface area contributed by atoms with E-state index in [2.05, 4.69) is 10.6 Å². The smallest absolute Gasteiger partial charge is 0.321 e. The Labute approximate surface area is 125 Å². The van der Waals surface area contributed by atoms with Crippen molar-refractivity contribution in [1.29, 1.82) is 0 Å². The molecule has 0 heterocycles. The minimum absolute atomic E-state index is 0.222. The molecule has 0 radical (unpaired) electrons. The Hall–Kier alpha value is -2.96. The van der Waals surface area contributed by atoms with Crippen molar-refractivity contribution in [2.24, 2.45) is 0 Å². The summed E-state index contributed by atoms with van der Waals surface area (Å²) in [6, 6.07) is 14.3. The van der Waals surface area contributed by atoms with Gasteiger partial charge in [0.05, 0.1) is 0 Å². The molecular weight excluding hydrogens is 292 g/mol. The van der Waals surface area contributed by atoms with Crippen molar-refractivity contribution < 1.29 is 18.4 Å². The van der Waals surface area contributed by atoms with Gasteiger partial charge in [-0.1, -0.05) is 18.2 Å². The predicted octanol–water partition coefficient (Wildman–Crippen LogP) is 3.53. The fourth-order valence-electron chi connectivity index (χ4n) is 1.65. The van der Waals surface area contributed by atoms with Crippen LogP contribution in [0.5, 0.6) is 0 Å². The lowest BCUT2D eigenvalue weighted by Gasteiger charge is -2.09. The predicted molar refractivity (Wildman–Crippen MR) is 80.2 cm³/mol. The maximum absolute atomic E-state index is 12.1. The summed E-state index contributed by atoms with van der Waals surface area (Å²) in [6.45, 7) is 0. The lowest BCUT2D eigenvalue weighted by molar-refractivity contribution is -0.126. The van der Waals surface area contributed by atoms with E-state index in [9.17, 15) is 18.4 Å². The second-order valence-electron chi connectivity index (χ2n) is 4.31. The normalized spacial score (nSPS) is 10.1. The van der Waals surface area contributed by atoms with E-state index >= 15 is 0 Å². The van der Waals surface area contributed by atoms with Gasteiger partial charge in [-0.3, -0.25) is 4.79 Å². The lowest BCUT2D eigenvalue weighted by Crippen LogP contribution is -2.20. The van der Waals surface area contributed by atoms with Gasteiger partial charge in [0.1, 0.15) is 0 Å². The van der Waals surface area contributed by atoms with E-state index in [1.54, 1.807) is 24.3 Å². The zero-order chi connectivity index (χ0) is 15.9. The minimum atomic E-state index is -3.07. The summed E-state index contributed by atoms with van der Waals surface area (Å²) >= 11 is 0. The molecule has 0 aliphatic carbocycles. The van der Waals surface area contributed by atoms with Crippen molar-refractivity contribution in [3.63, 3.8) is 0 Å². The zero-order valence-electron chi connectivity index (χ0n) is 11.3. The number of hydrogen-bond acceptors (Lipinski definition) is 2. The second kappa shape index (κ2) is 7.16. The summed E-state index contributed by atoms with van der Waals surface area (Å²) in [5.74, 6) is -1.37. The van der Waals surface area contributed by atoms with Crippen molar-refractivity contribution >= 4 is 29.0 Å². The Morgan fingerprint density at radius 3 is 1.68 bits per heavy atom. The molecule has 0 saturated heterocycles. The molecule has 0 atom stereocenters. The minimum Gasteiger partial charge on any atom is -0.321 e. The fourth-order valence-corrected chi connectivity index (χ4v) is 1.65. The summed E-state index contributed by atoms with van der Waals surface area (Å²) in [7, 11) is 0. The number of halogens is 2. The van der Waals surface area contributed by atoms with E-state index in [4.69, 9.17) is 0 Å². The third-order valence-corrected chi connectivity index (χ3v) is 2.64. The van der Waals surface area contributed by atoms with Gasteiger partial charge in [0.15, 0.2) is 0 Å². The molecule has 2 rings (SSSR count). The molecule has 2 aromatic rings. The molecule has 0 aliphatic heterocycles. The highest BCUT2D eigenvalue weighted by atomic mass is 19.3. The van der Waals surface area contributed by atoms with Crippen molar-refractivity contribution in [3.8, 4) is 0 Å². The number of benzene rings is 2. The molecule has 0 unspecified atom stereocenters. The van der Waals surface area contributed by atoms with Crippen molar-refractivity contribution in [3.05, 3.63) is 54.6 Å². The maximum atomic E-state index is 12.1. The number of urea groups is 1. The third kappa shape index (κ3) is 4.55. The summed E-state index contributed by atoms with van der Waals surface area (Å²) < 4.78 is 24.2. The van der Waals surface area contributed by atoms with Crippen LogP contribution in [-0.2, 0) is 4.79 Å². The Morgan fingerprint density at radius 2 is 1.18 bits per heavy atom. The van der Waals surface area contributed by atoms with Gasteiger partial charge in [-0.2, -0.15) is 8.78 Å². The molecule has 0 aliphatic rings. The Bertz CT molecular complexity index is 646. The first-order valence-corrected chi connectivity index (χ1v) is 6.37. The van der Waals surface area contributed by atoms with Crippen LogP contribution < -0.4 is 16.0 Å². The highest BCUT2D eigenvalue weighted by Crippen LogP contribution is 2.15. The third-order valence-electron chi connectivity index (χ3n) is 2.64. The monoisotopic (exact) mass is 305 g/mol.